The molecule has 2 saturated carbocycles. The molecule has 3 fully saturated rings. The van der Waals surface area contributed by atoms with Crippen molar-refractivity contribution in [3.63, 3.8) is 0 Å². The molecule has 6 rings (SSSR count). The molecule has 5 aliphatic rings. The monoisotopic (exact) mass is 662 g/mol. The fourth-order valence-corrected chi connectivity index (χ4v) is 7.36. The number of nitrogens with one attached hydrogen (secondary N) is 2. The van der Waals surface area contributed by atoms with Crippen LogP contribution in [0.15, 0.2) is 36.4 Å². The Morgan fingerprint density at radius 2 is 1.73 bits per heavy atom. The number of ether oxygens (including phenoxy) is 2. The number of nitrogens with zero attached hydrogens (tertiary/aromatic N) is 2. The molecular weight excluding hydrogens is 612 g/mol. The van der Waals surface area contributed by atoms with Gasteiger partial charge in [0.25, 0.3) is 0 Å². The van der Waals surface area contributed by atoms with Gasteiger partial charge in [-0.25, -0.2) is 9.59 Å². The normalized spacial score (nSPS) is 29.8. The van der Waals surface area contributed by atoms with E-state index in [1.165, 1.54) is 4.90 Å². The van der Waals surface area contributed by atoms with Gasteiger partial charge in [0.2, 0.25) is 11.8 Å². The van der Waals surface area contributed by atoms with Crippen molar-refractivity contribution >= 4 is 29.8 Å². The summed E-state index contributed by atoms with van der Waals surface area (Å²) < 4.78 is 11.5. The number of rotatable bonds is 5. The zero-order valence-corrected chi connectivity index (χ0v) is 28.5. The van der Waals surface area contributed by atoms with Crippen LogP contribution in [0, 0.1) is 17.3 Å². The maximum atomic E-state index is 14.3. The second-order valence-electron chi connectivity index (χ2n) is 15.4. The van der Waals surface area contributed by atoms with Crippen LogP contribution in [0.25, 0.3) is 0 Å². The number of benzene rings is 1. The number of ketones is 1. The van der Waals surface area contributed by atoms with Gasteiger partial charge >= 0.3 is 12.2 Å². The molecule has 3 aliphatic heterocycles. The number of hydrogen-bond acceptors (Lipinski definition) is 7. The number of carbonyl (C=O) groups excluding carboxylic acids is 5. The number of Topliss-reactive ketones (excluding diaryl/α,β-unsaturated/α-hetero) is 1. The first-order valence-electron chi connectivity index (χ1n) is 17.7. The molecule has 2 N–H and O–H groups in total. The fourth-order valence-electron chi connectivity index (χ4n) is 7.36. The molecule has 0 aromatic heterocycles. The summed E-state index contributed by atoms with van der Waals surface area (Å²) in [4.78, 5) is 71.5. The molecular formula is C37H50N4O7. The lowest BCUT2D eigenvalue weighted by Gasteiger charge is -2.30. The van der Waals surface area contributed by atoms with Crippen molar-refractivity contribution in [3.05, 3.63) is 47.5 Å². The third-order valence-electron chi connectivity index (χ3n) is 10.3. The van der Waals surface area contributed by atoms with Gasteiger partial charge in [-0.1, -0.05) is 49.3 Å². The zero-order chi connectivity index (χ0) is 34.1. The van der Waals surface area contributed by atoms with Gasteiger partial charge in [0, 0.05) is 32.5 Å². The zero-order valence-electron chi connectivity index (χ0n) is 28.5. The predicted octanol–water partition coefficient (Wildman–Crippen LogP) is 5.01. The van der Waals surface area contributed by atoms with E-state index in [9.17, 15) is 24.0 Å². The third kappa shape index (κ3) is 8.04. The summed E-state index contributed by atoms with van der Waals surface area (Å²) in [6.45, 7) is 6.78. The van der Waals surface area contributed by atoms with E-state index >= 15 is 0 Å². The molecule has 0 unspecified atom stereocenters. The second-order valence-corrected chi connectivity index (χ2v) is 15.4. The van der Waals surface area contributed by atoms with Crippen molar-refractivity contribution < 1.29 is 33.4 Å². The average Bonchev–Trinajstić information content (AvgIpc) is 3.89. The Kier molecular flexibility index (Phi) is 9.86. The smallest absolute Gasteiger partial charge is 0.410 e. The summed E-state index contributed by atoms with van der Waals surface area (Å²) in [7, 11) is 0. The van der Waals surface area contributed by atoms with Gasteiger partial charge in [-0.2, -0.15) is 0 Å². The van der Waals surface area contributed by atoms with Crippen LogP contribution >= 0.6 is 0 Å². The molecule has 48 heavy (non-hydrogen) atoms. The quantitative estimate of drug-likeness (QED) is 0.423. The molecule has 0 bridgehead atoms. The summed E-state index contributed by atoms with van der Waals surface area (Å²) in [5.41, 5.74) is 0.526. The van der Waals surface area contributed by atoms with E-state index in [1.807, 2.05) is 24.3 Å². The van der Waals surface area contributed by atoms with E-state index in [0.29, 0.717) is 44.8 Å². The summed E-state index contributed by atoms with van der Waals surface area (Å²) in [6, 6.07) is 6.05. The fraction of sp³-hybridized carbons (Fsp3) is 0.649. The molecule has 4 amide bonds. The number of amides is 4. The Hall–Kier alpha value is -3.89. The van der Waals surface area contributed by atoms with Crippen molar-refractivity contribution in [3.8, 4) is 0 Å². The first-order valence-corrected chi connectivity index (χ1v) is 17.7. The number of fused-ring (bicyclic) bond motifs is 3. The van der Waals surface area contributed by atoms with Gasteiger partial charge in [-0.05, 0) is 82.3 Å². The highest BCUT2D eigenvalue weighted by Gasteiger charge is 2.60. The second kappa shape index (κ2) is 13.9. The van der Waals surface area contributed by atoms with E-state index in [4.69, 9.17) is 9.47 Å². The SMILES string of the molecule is CC(C)(C)OC(=O)N[C@H]1CCCCC/C=C\[C@@H]2C[C@@]2(C(=O)NCC2CC2)CC(=O)[C@@H]2C[C@@H](OC(=O)N3Cc4ccccc4C3)CN2C1=O. The van der Waals surface area contributed by atoms with Gasteiger partial charge < -0.3 is 25.0 Å². The maximum absolute atomic E-state index is 14.3. The Balaban J connectivity index is 1.22. The Labute approximate surface area is 283 Å². The Morgan fingerprint density at radius 1 is 1.00 bits per heavy atom. The summed E-state index contributed by atoms with van der Waals surface area (Å²) in [5.74, 6) is -0.257. The first-order chi connectivity index (χ1) is 22.9. The number of carbonyl (C=O) groups is 5. The van der Waals surface area contributed by atoms with Gasteiger partial charge in [0.05, 0.1) is 18.0 Å². The van der Waals surface area contributed by atoms with Crippen LogP contribution in [-0.4, -0.2) is 76.5 Å². The van der Waals surface area contributed by atoms with Crippen molar-refractivity contribution in [2.45, 2.75) is 122 Å². The number of hydrogen-bond donors (Lipinski definition) is 2. The third-order valence-corrected chi connectivity index (χ3v) is 10.3. The minimum atomic E-state index is -0.914. The Bertz CT molecular complexity index is 1420. The standard InChI is InChI=1S/C37H50N4O7/c1-36(2,3)48-34(45)39-29-14-8-6-4-5-7-13-27-18-37(27,33(44)38-20-24-15-16-24)19-31(42)30-17-28(23-41(30)32(29)43)47-35(46)40-21-25-11-9-10-12-26(25)22-40/h7,9-13,24,27-30H,4-6,8,14-23H2,1-3H3,(H,38,44)(H,39,45)/b13-7-/t27-,28-,29+,30+,37-/m1/s1. The van der Waals surface area contributed by atoms with Crippen LogP contribution in [0.1, 0.15) is 96.1 Å². The average molecular weight is 663 g/mol. The van der Waals surface area contributed by atoms with Gasteiger partial charge in [0.15, 0.2) is 5.78 Å². The maximum Gasteiger partial charge on any atom is 0.410 e. The molecule has 3 heterocycles. The van der Waals surface area contributed by atoms with Crippen molar-refractivity contribution in [2.24, 2.45) is 17.3 Å². The van der Waals surface area contributed by atoms with Gasteiger partial charge in [0.1, 0.15) is 17.7 Å². The summed E-state index contributed by atoms with van der Waals surface area (Å²) in [6.07, 6.45) is 8.89. The molecule has 1 aromatic carbocycles. The number of allylic oxidation sites excluding steroid dienone is 2. The van der Waals surface area contributed by atoms with Crippen LogP contribution in [0.4, 0.5) is 9.59 Å². The van der Waals surface area contributed by atoms with Crippen LogP contribution in [0.5, 0.6) is 0 Å². The lowest BCUT2D eigenvalue weighted by Crippen LogP contribution is -2.53. The molecule has 5 atom stereocenters. The summed E-state index contributed by atoms with van der Waals surface area (Å²) in [5, 5.41) is 5.88. The minimum absolute atomic E-state index is 0.000779. The van der Waals surface area contributed by atoms with Crippen molar-refractivity contribution in [2.75, 3.05) is 13.1 Å². The highest BCUT2D eigenvalue weighted by molar-refractivity contribution is 5.97. The highest BCUT2D eigenvalue weighted by atomic mass is 16.6. The van der Waals surface area contributed by atoms with Crippen LogP contribution in [0.2, 0.25) is 0 Å². The molecule has 0 spiro atoms. The molecule has 260 valence electrons. The minimum Gasteiger partial charge on any atom is -0.444 e. The Morgan fingerprint density at radius 3 is 2.42 bits per heavy atom. The van der Waals surface area contributed by atoms with E-state index in [0.717, 1.165) is 43.2 Å². The van der Waals surface area contributed by atoms with Crippen LogP contribution in [-0.2, 0) is 36.9 Å². The lowest BCUT2D eigenvalue weighted by molar-refractivity contribution is -0.140. The van der Waals surface area contributed by atoms with Gasteiger partial charge in [-0.3, -0.25) is 19.3 Å². The lowest BCUT2D eigenvalue weighted by atomic mass is 9.90. The van der Waals surface area contributed by atoms with E-state index in [1.54, 1.807) is 25.7 Å². The van der Waals surface area contributed by atoms with Crippen LogP contribution in [0.3, 0.4) is 0 Å². The van der Waals surface area contributed by atoms with Crippen molar-refractivity contribution in [1.82, 2.24) is 20.4 Å². The highest BCUT2D eigenvalue weighted by Crippen LogP contribution is 2.57. The summed E-state index contributed by atoms with van der Waals surface area (Å²) >= 11 is 0. The molecule has 11 heteroatoms. The van der Waals surface area contributed by atoms with Crippen molar-refractivity contribution in [1.29, 1.82) is 0 Å². The molecule has 1 saturated heterocycles. The largest absolute Gasteiger partial charge is 0.444 e. The van der Waals surface area contributed by atoms with E-state index in [-0.39, 0.29) is 37.0 Å². The molecule has 0 radical (unpaired) electrons. The molecule has 1 aromatic rings. The van der Waals surface area contributed by atoms with Gasteiger partial charge in [-0.15, -0.1) is 0 Å². The first kappa shape index (κ1) is 34.0. The van der Waals surface area contributed by atoms with E-state index < -0.39 is 47.3 Å². The van der Waals surface area contributed by atoms with E-state index in [2.05, 4.69) is 22.8 Å². The molecule has 2 aliphatic carbocycles. The topological polar surface area (TPSA) is 134 Å². The van der Waals surface area contributed by atoms with Crippen LogP contribution < -0.4 is 10.6 Å². The predicted molar refractivity (Wildman–Crippen MR) is 177 cm³/mol. The molecule has 11 nitrogen and oxygen atoms in total. The number of alkyl carbamates (subject to hydrolysis) is 1.